The summed E-state index contributed by atoms with van der Waals surface area (Å²) in [5, 5.41) is 0.737. The van der Waals surface area contributed by atoms with Crippen molar-refractivity contribution in [2.45, 2.75) is 38.0 Å². The minimum absolute atomic E-state index is 0.0745. The van der Waals surface area contributed by atoms with Crippen LogP contribution in [0.15, 0.2) is 24.3 Å². The molecule has 3 rings (SSSR count). The molecule has 2 aliphatic heterocycles. The normalized spacial score (nSPS) is 27.5. The van der Waals surface area contributed by atoms with E-state index in [2.05, 4.69) is 4.90 Å². The van der Waals surface area contributed by atoms with Gasteiger partial charge in [0, 0.05) is 30.8 Å². The van der Waals surface area contributed by atoms with Crippen molar-refractivity contribution in [3.8, 4) is 0 Å². The Hall–Kier alpha value is -0.620. The van der Waals surface area contributed by atoms with Crippen molar-refractivity contribution in [2.75, 3.05) is 24.7 Å². The van der Waals surface area contributed by atoms with Gasteiger partial charge in [0.1, 0.15) is 0 Å². The summed E-state index contributed by atoms with van der Waals surface area (Å²) in [5.74, 6) is 0.548. The Kier molecular flexibility index (Phi) is 5.07. The Balaban J connectivity index is 1.75. The molecule has 0 bridgehead atoms. The fourth-order valence-corrected chi connectivity index (χ4v) is 5.26. The summed E-state index contributed by atoms with van der Waals surface area (Å²) in [7, 11) is -2.89. The molecular weight excluding hydrogens is 322 g/mol. The lowest BCUT2D eigenvalue weighted by atomic mass is 10.1. The molecule has 2 fully saturated rings. The van der Waals surface area contributed by atoms with Crippen LogP contribution in [0.3, 0.4) is 0 Å². The first kappa shape index (κ1) is 16.2. The first-order valence-electron chi connectivity index (χ1n) is 7.83. The Morgan fingerprint density at radius 1 is 1.27 bits per heavy atom. The van der Waals surface area contributed by atoms with Gasteiger partial charge in [0.25, 0.3) is 0 Å². The maximum atomic E-state index is 11.8. The summed E-state index contributed by atoms with van der Waals surface area (Å²) in [6.45, 7) is 2.28. The predicted molar refractivity (Wildman–Crippen MR) is 87.9 cm³/mol. The summed E-state index contributed by atoms with van der Waals surface area (Å²) in [6, 6.07) is 7.85. The molecule has 0 radical (unpaired) electrons. The molecule has 22 heavy (non-hydrogen) atoms. The molecule has 2 atom stereocenters. The Bertz CT molecular complexity index is 614. The van der Waals surface area contributed by atoms with Crippen LogP contribution >= 0.6 is 11.6 Å². The van der Waals surface area contributed by atoms with Crippen LogP contribution in [0.4, 0.5) is 0 Å². The largest absolute Gasteiger partial charge is 0.377 e. The highest BCUT2D eigenvalue weighted by Gasteiger charge is 2.34. The summed E-state index contributed by atoms with van der Waals surface area (Å²) in [4.78, 5) is 2.25. The van der Waals surface area contributed by atoms with Crippen molar-refractivity contribution in [2.24, 2.45) is 0 Å². The Morgan fingerprint density at radius 2 is 2.09 bits per heavy atom. The highest BCUT2D eigenvalue weighted by molar-refractivity contribution is 7.91. The van der Waals surface area contributed by atoms with Gasteiger partial charge in [-0.2, -0.15) is 0 Å². The number of halogens is 1. The molecule has 0 saturated carbocycles. The molecule has 1 aromatic rings. The van der Waals surface area contributed by atoms with E-state index in [4.69, 9.17) is 16.3 Å². The summed E-state index contributed by atoms with van der Waals surface area (Å²) in [6.07, 6.45) is 3.07. The fourth-order valence-electron chi connectivity index (χ4n) is 3.30. The van der Waals surface area contributed by atoms with Gasteiger partial charge in [-0.05, 0) is 30.9 Å². The van der Waals surface area contributed by atoms with E-state index in [9.17, 15) is 8.42 Å². The minimum Gasteiger partial charge on any atom is -0.377 e. The molecule has 6 heteroatoms. The van der Waals surface area contributed by atoms with Crippen LogP contribution in [0.2, 0.25) is 5.02 Å². The summed E-state index contributed by atoms with van der Waals surface area (Å²) >= 11 is 6.27. The van der Waals surface area contributed by atoms with Crippen LogP contribution in [-0.2, 0) is 21.1 Å². The predicted octanol–water partition coefficient (Wildman–Crippen LogP) is 2.51. The SMILES string of the molecule is O=S1(=O)CCC(N(Cc2ccccc2Cl)CC2CCCO2)C1. The first-order chi connectivity index (χ1) is 10.5. The number of hydrogen-bond acceptors (Lipinski definition) is 4. The average molecular weight is 344 g/mol. The summed E-state index contributed by atoms with van der Waals surface area (Å²) in [5.41, 5.74) is 1.05. The standard InChI is InChI=1S/C16H22ClNO3S/c17-16-6-2-1-4-13(16)10-18(11-15-5-3-8-21-15)14-7-9-22(19,20)12-14/h1-2,4,6,14-15H,3,5,7-12H2. The number of hydrogen-bond donors (Lipinski definition) is 0. The summed E-state index contributed by atoms with van der Waals surface area (Å²) < 4.78 is 29.4. The lowest BCUT2D eigenvalue weighted by molar-refractivity contribution is 0.0575. The van der Waals surface area contributed by atoms with Gasteiger partial charge >= 0.3 is 0 Å². The van der Waals surface area contributed by atoms with Crippen molar-refractivity contribution in [1.29, 1.82) is 0 Å². The average Bonchev–Trinajstić information content (AvgIpc) is 3.10. The second-order valence-corrected chi connectivity index (χ2v) is 8.85. The van der Waals surface area contributed by atoms with Gasteiger partial charge in [-0.3, -0.25) is 4.90 Å². The lowest BCUT2D eigenvalue weighted by Gasteiger charge is -2.30. The van der Waals surface area contributed by atoms with E-state index >= 15 is 0 Å². The number of nitrogens with zero attached hydrogens (tertiary/aromatic N) is 1. The second-order valence-electron chi connectivity index (χ2n) is 6.21. The zero-order chi connectivity index (χ0) is 15.6. The topological polar surface area (TPSA) is 46.6 Å². The van der Waals surface area contributed by atoms with Crippen LogP contribution in [0.5, 0.6) is 0 Å². The smallest absolute Gasteiger partial charge is 0.151 e. The number of rotatable bonds is 5. The zero-order valence-electron chi connectivity index (χ0n) is 12.6. The number of ether oxygens (including phenoxy) is 1. The maximum absolute atomic E-state index is 11.8. The van der Waals surface area contributed by atoms with E-state index in [0.717, 1.165) is 36.6 Å². The highest BCUT2D eigenvalue weighted by Crippen LogP contribution is 2.25. The lowest BCUT2D eigenvalue weighted by Crippen LogP contribution is -2.40. The van der Waals surface area contributed by atoms with Gasteiger partial charge in [-0.1, -0.05) is 29.8 Å². The molecule has 2 aliphatic rings. The van der Waals surface area contributed by atoms with E-state index in [1.165, 1.54) is 0 Å². The van der Waals surface area contributed by atoms with Crippen LogP contribution in [0.25, 0.3) is 0 Å². The molecule has 2 unspecified atom stereocenters. The third kappa shape index (κ3) is 4.02. The molecule has 0 aliphatic carbocycles. The zero-order valence-corrected chi connectivity index (χ0v) is 14.2. The molecule has 0 N–H and O–H groups in total. The maximum Gasteiger partial charge on any atom is 0.151 e. The van der Waals surface area contributed by atoms with Gasteiger partial charge in [0.05, 0.1) is 17.6 Å². The van der Waals surface area contributed by atoms with Crippen molar-refractivity contribution in [1.82, 2.24) is 4.90 Å². The van der Waals surface area contributed by atoms with E-state index in [1.807, 2.05) is 24.3 Å². The molecule has 0 aromatic heterocycles. The van der Waals surface area contributed by atoms with Crippen LogP contribution < -0.4 is 0 Å². The molecule has 1 aromatic carbocycles. The number of benzene rings is 1. The molecule has 122 valence electrons. The quantitative estimate of drug-likeness (QED) is 0.824. The van der Waals surface area contributed by atoms with Crippen LogP contribution in [-0.4, -0.2) is 50.1 Å². The van der Waals surface area contributed by atoms with Gasteiger partial charge in [-0.25, -0.2) is 8.42 Å². The van der Waals surface area contributed by atoms with Crippen LogP contribution in [0, 0.1) is 0 Å². The fraction of sp³-hybridized carbons (Fsp3) is 0.625. The molecule has 2 heterocycles. The van der Waals surface area contributed by atoms with Crippen molar-refractivity contribution < 1.29 is 13.2 Å². The molecule has 2 saturated heterocycles. The van der Waals surface area contributed by atoms with Gasteiger partial charge in [0.2, 0.25) is 0 Å². The van der Waals surface area contributed by atoms with E-state index in [-0.39, 0.29) is 17.9 Å². The molecular formula is C16H22ClNO3S. The second kappa shape index (κ2) is 6.87. The first-order valence-corrected chi connectivity index (χ1v) is 10.0. The Morgan fingerprint density at radius 3 is 2.73 bits per heavy atom. The molecule has 0 spiro atoms. The highest BCUT2D eigenvalue weighted by atomic mass is 35.5. The van der Waals surface area contributed by atoms with E-state index < -0.39 is 9.84 Å². The van der Waals surface area contributed by atoms with Gasteiger partial charge in [-0.15, -0.1) is 0 Å². The van der Waals surface area contributed by atoms with Crippen LogP contribution in [0.1, 0.15) is 24.8 Å². The minimum atomic E-state index is -2.89. The van der Waals surface area contributed by atoms with Gasteiger partial charge < -0.3 is 4.74 Å². The van der Waals surface area contributed by atoms with E-state index in [0.29, 0.717) is 18.7 Å². The van der Waals surface area contributed by atoms with Crippen molar-refractivity contribution in [3.05, 3.63) is 34.9 Å². The molecule has 0 amide bonds. The third-order valence-corrected chi connectivity index (χ3v) is 6.64. The van der Waals surface area contributed by atoms with E-state index in [1.54, 1.807) is 0 Å². The molecule has 4 nitrogen and oxygen atoms in total. The van der Waals surface area contributed by atoms with Crippen molar-refractivity contribution in [3.63, 3.8) is 0 Å². The third-order valence-electron chi connectivity index (χ3n) is 4.52. The monoisotopic (exact) mass is 343 g/mol. The number of sulfone groups is 1. The van der Waals surface area contributed by atoms with Crippen molar-refractivity contribution >= 4 is 21.4 Å². The van der Waals surface area contributed by atoms with Gasteiger partial charge in [0.15, 0.2) is 9.84 Å². The Labute approximate surface area is 137 Å².